The molecule has 0 heterocycles. The molecule has 122 valence electrons. The fourth-order valence-electron chi connectivity index (χ4n) is 2.69. The number of hydrogen-bond donors (Lipinski definition) is 2. The van der Waals surface area contributed by atoms with Crippen molar-refractivity contribution in [1.29, 1.82) is 0 Å². The maximum atomic E-state index is 13.3. The first kappa shape index (κ1) is 16.6. The third kappa shape index (κ3) is 4.90. The minimum Gasteiger partial charge on any atom is -0.444 e. The van der Waals surface area contributed by atoms with E-state index in [0.29, 0.717) is 5.56 Å². The van der Waals surface area contributed by atoms with Gasteiger partial charge in [-0.3, -0.25) is 0 Å². The summed E-state index contributed by atoms with van der Waals surface area (Å²) in [6.45, 7) is 7.30. The molecule has 0 saturated heterocycles. The fraction of sp³-hybridized carbons (Fsp3) is 0.588. The van der Waals surface area contributed by atoms with Crippen LogP contribution in [-0.2, 0) is 4.74 Å². The Morgan fingerprint density at radius 3 is 2.59 bits per heavy atom. The van der Waals surface area contributed by atoms with Crippen molar-refractivity contribution in [3.63, 3.8) is 0 Å². The second-order valence-corrected chi connectivity index (χ2v) is 6.96. The van der Waals surface area contributed by atoms with Crippen LogP contribution in [0.4, 0.5) is 14.9 Å². The molecule has 4 nitrogen and oxygen atoms in total. The molecule has 2 atom stereocenters. The molecule has 1 amide bonds. The molecule has 1 aromatic rings. The van der Waals surface area contributed by atoms with Gasteiger partial charge in [0, 0.05) is 17.8 Å². The van der Waals surface area contributed by atoms with Crippen LogP contribution in [0.1, 0.15) is 45.6 Å². The van der Waals surface area contributed by atoms with Crippen LogP contribution in [0.3, 0.4) is 0 Å². The first-order valence-corrected chi connectivity index (χ1v) is 7.75. The van der Waals surface area contributed by atoms with Crippen molar-refractivity contribution in [3.05, 3.63) is 29.6 Å². The highest BCUT2D eigenvalue weighted by atomic mass is 19.1. The molecule has 0 radical (unpaired) electrons. The molecule has 0 bridgehead atoms. The Kier molecular flexibility index (Phi) is 4.94. The van der Waals surface area contributed by atoms with Crippen LogP contribution >= 0.6 is 0 Å². The Balaban J connectivity index is 1.82. The maximum absolute atomic E-state index is 13.3. The maximum Gasteiger partial charge on any atom is 0.407 e. The average Bonchev–Trinajstić information content (AvgIpc) is 2.78. The van der Waals surface area contributed by atoms with Gasteiger partial charge in [-0.25, -0.2) is 9.18 Å². The molecule has 5 heteroatoms. The number of nitrogens with one attached hydrogen (secondary N) is 2. The Morgan fingerprint density at radius 1 is 1.27 bits per heavy atom. The quantitative estimate of drug-likeness (QED) is 0.887. The zero-order valence-corrected chi connectivity index (χ0v) is 13.7. The van der Waals surface area contributed by atoms with E-state index in [1.807, 2.05) is 26.8 Å². The summed E-state index contributed by atoms with van der Waals surface area (Å²) in [7, 11) is 0. The van der Waals surface area contributed by atoms with Gasteiger partial charge in [0.15, 0.2) is 0 Å². The molecule has 1 aliphatic carbocycles. The zero-order chi connectivity index (χ0) is 16.3. The summed E-state index contributed by atoms with van der Waals surface area (Å²) in [5, 5.41) is 6.31. The Bertz CT molecular complexity index is 540. The topological polar surface area (TPSA) is 50.4 Å². The molecule has 0 aromatic heterocycles. The van der Waals surface area contributed by atoms with E-state index in [1.54, 1.807) is 13.0 Å². The van der Waals surface area contributed by atoms with Gasteiger partial charge in [-0.15, -0.1) is 0 Å². The zero-order valence-electron chi connectivity index (χ0n) is 13.7. The van der Waals surface area contributed by atoms with Crippen molar-refractivity contribution in [1.82, 2.24) is 5.32 Å². The third-order valence-electron chi connectivity index (χ3n) is 3.68. The normalized spacial score (nSPS) is 21.5. The van der Waals surface area contributed by atoms with Gasteiger partial charge < -0.3 is 15.4 Å². The molecule has 2 rings (SSSR count). The lowest BCUT2D eigenvalue weighted by molar-refractivity contribution is 0.0505. The van der Waals surface area contributed by atoms with Crippen LogP contribution in [0, 0.1) is 12.7 Å². The van der Waals surface area contributed by atoms with Crippen molar-refractivity contribution in [2.75, 3.05) is 5.32 Å². The fourth-order valence-corrected chi connectivity index (χ4v) is 2.69. The Hall–Kier alpha value is -1.78. The van der Waals surface area contributed by atoms with E-state index >= 15 is 0 Å². The lowest BCUT2D eigenvalue weighted by Gasteiger charge is -2.22. The van der Waals surface area contributed by atoms with Gasteiger partial charge >= 0.3 is 6.09 Å². The van der Waals surface area contributed by atoms with Gasteiger partial charge in [-0.2, -0.15) is 0 Å². The molecular formula is C17H25FN2O2. The lowest BCUT2D eigenvalue weighted by Crippen LogP contribution is -2.38. The molecule has 2 N–H and O–H groups in total. The summed E-state index contributed by atoms with van der Waals surface area (Å²) in [6, 6.07) is 5.43. The summed E-state index contributed by atoms with van der Waals surface area (Å²) >= 11 is 0. The van der Waals surface area contributed by atoms with Gasteiger partial charge in [-0.05, 0) is 70.7 Å². The van der Waals surface area contributed by atoms with Crippen LogP contribution in [-0.4, -0.2) is 23.8 Å². The molecule has 1 aliphatic rings. The summed E-state index contributed by atoms with van der Waals surface area (Å²) < 4.78 is 18.5. The number of aryl methyl sites for hydroxylation is 1. The molecular weight excluding hydrogens is 283 g/mol. The van der Waals surface area contributed by atoms with Crippen LogP contribution in [0.2, 0.25) is 0 Å². The van der Waals surface area contributed by atoms with Crippen LogP contribution in [0.5, 0.6) is 0 Å². The minimum atomic E-state index is -0.480. The van der Waals surface area contributed by atoms with E-state index in [9.17, 15) is 9.18 Å². The van der Waals surface area contributed by atoms with Gasteiger partial charge in [0.05, 0.1) is 0 Å². The number of halogens is 1. The lowest BCUT2D eigenvalue weighted by atomic mass is 10.1. The monoisotopic (exact) mass is 308 g/mol. The van der Waals surface area contributed by atoms with E-state index in [0.717, 1.165) is 24.9 Å². The molecule has 0 spiro atoms. The summed E-state index contributed by atoms with van der Waals surface area (Å²) in [4.78, 5) is 11.8. The SMILES string of the molecule is Cc1cc(NC2CCC(NC(=O)OC(C)(C)C)C2)ccc1F. The summed E-state index contributed by atoms with van der Waals surface area (Å²) in [6.07, 6.45) is 2.36. The van der Waals surface area contributed by atoms with Crippen molar-refractivity contribution in [2.24, 2.45) is 0 Å². The Morgan fingerprint density at radius 2 is 1.95 bits per heavy atom. The van der Waals surface area contributed by atoms with Crippen LogP contribution in [0.15, 0.2) is 18.2 Å². The molecule has 1 saturated carbocycles. The highest BCUT2D eigenvalue weighted by Gasteiger charge is 2.27. The number of anilines is 1. The van der Waals surface area contributed by atoms with Gasteiger partial charge in [0.25, 0.3) is 0 Å². The number of carbonyl (C=O) groups excluding carboxylic acids is 1. The predicted octanol–water partition coefficient (Wildman–Crippen LogP) is 3.99. The molecule has 1 aromatic carbocycles. The number of hydrogen-bond acceptors (Lipinski definition) is 3. The van der Waals surface area contributed by atoms with E-state index in [4.69, 9.17) is 4.74 Å². The van der Waals surface area contributed by atoms with Crippen molar-refractivity contribution in [3.8, 4) is 0 Å². The first-order valence-electron chi connectivity index (χ1n) is 7.75. The minimum absolute atomic E-state index is 0.119. The standard InChI is InChI=1S/C17H25FN2O2/c1-11-9-12(7-8-15(11)18)19-13-5-6-14(10-13)20-16(21)22-17(2,3)4/h7-9,13-14,19H,5-6,10H2,1-4H3,(H,20,21). The van der Waals surface area contributed by atoms with E-state index in [2.05, 4.69) is 10.6 Å². The molecule has 0 aliphatic heterocycles. The molecule has 1 fully saturated rings. The van der Waals surface area contributed by atoms with Crippen molar-refractivity contribution >= 4 is 11.8 Å². The first-order chi connectivity index (χ1) is 10.2. The number of carbonyl (C=O) groups is 1. The molecule has 22 heavy (non-hydrogen) atoms. The second-order valence-electron chi connectivity index (χ2n) is 6.96. The smallest absolute Gasteiger partial charge is 0.407 e. The number of alkyl carbamates (subject to hydrolysis) is 1. The highest BCUT2D eigenvalue weighted by molar-refractivity contribution is 5.68. The van der Waals surface area contributed by atoms with E-state index < -0.39 is 5.60 Å². The van der Waals surface area contributed by atoms with Crippen LogP contribution < -0.4 is 10.6 Å². The van der Waals surface area contributed by atoms with E-state index in [-0.39, 0.29) is 24.0 Å². The predicted molar refractivity (Wildman–Crippen MR) is 85.6 cm³/mol. The second kappa shape index (κ2) is 6.55. The Labute approximate surface area is 131 Å². The largest absolute Gasteiger partial charge is 0.444 e. The summed E-state index contributed by atoms with van der Waals surface area (Å²) in [5.41, 5.74) is 1.07. The van der Waals surface area contributed by atoms with Gasteiger partial charge in [0.2, 0.25) is 0 Å². The number of ether oxygens (including phenoxy) is 1. The van der Waals surface area contributed by atoms with Gasteiger partial charge in [0.1, 0.15) is 11.4 Å². The highest BCUT2D eigenvalue weighted by Crippen LogP contribution is 2.24. The van der Waals surface area contributed by atoms with Crippen molar-refractivity contribution < 1.29 is 13.9 Å². The van der Waals surface area contributed by atoms with Crippen molar-refractivity contribution in [2.45, 2.75) is 64.6 Å². The third-order valence-corrected chi connectivity index (χ3v) is 3.68. The number of benzene rings is 1. The average molecular weight is 308 g/mol. The number of amides is 1. The van der Waals surface area contributed by atoms with Gasteiger partial charge in [-0.1, -0.05) is 0 Å². The van der Waals surface area contributed by atoms with Crippen LogP contribution in [0.25, 0.3) is 0 Å². The van der Waals surface area contributed by atoms with E-state index in [1.165, 1.54) is 6.07 Å². The summed E-state index contributed by atoms with van der Waals surface area (Å²) in [5.74, 6) is -0.193. The molecule has 2 unspecified atom stereocenters. The number of rotatable bonds is 3.